The average molecular weight is 229 g/mol. The van der Waals surface area contributed by atoms with E-state index in [-0.39, 0.29) is 12.4 Å². The molecular weight excluding hydrogens is 221 g/mol. The number of hydrogen-bond donors (Lipinski definition) is 0. The lowest BCUT2D eigenvalue weighted by Crippen LogP contribution is -2.05. The van der Waals surface area contributed by atoms with Crippen molar-refractivity contribution >= 4 is 6.29 Å². The second-order valence-electron chi connectivity index (χ2n) is 3.45. The van der Waals surface area contributed by atoms with E-state index in [1.165, 1.54) is 29.0 Å². The molecule has 0 saturated heterocycles. The molecular formula is C12H8FN3O. The van der Waals surface area contributed by atoms with Crippen molar-refractivity contribution < 1.29 is 9.18 Å². The SMILES string of the molecule is N#Cc1ccc(F)c(Cn2ccnc2C=O)c1. The van der Waals surface area contributed by atoms with Gasteiger partial charge >= 0.3 is 0 Å². The number of rotatable bonds is 3. The van der Waals surface area contributed by atoms with Gasteiger partial charge in [0.05, 0.1) is 18.2 Å². The molecule has 0 aliphatic heterocycles. The molecule has 0 N–H and O–H groups in total. The first-order valence-corrected chi connectivity index (χ1v) is 4.89. The summed E-state index contributed by atoms with van der Waals surface area (Å²) in [6, 6.07) is 6.06. The minimum atomic E-state index is -0.408. The predicted molar refractivity (Wildman–Crippen MR) is 57.8 cm³/mol. The molecule has 0 bridgehead atoms. The molecule has 4 nitrogen and oxygen atoms in total. The Morgan fingerprint density at radius 1 is 1.53 bits per heavy atom. The molecule has 0 aliphatic rings. The van der Waals surface area contributed by atoms with E-state index in [0.29, 0.717) is 17.4 Å². The third-order valence-corrected chi connectivity index (χ3v) is 2.37. The van der Waals surface area contributed by atoms with Crippen molar-refractivity contribution in [1.82, 2.24) is 9.55 Å². The van der Waals surface area contributed by atoms with Gasteiger partial charge in [-0.25, -0.2) is 9.37 Å². The van der Waals surface area contributed by atoms with Gasteiger partial charge in [0.1, 0.15) is 5.82 Å². The van der Waals surface area contributed by atoms with E-state index in [1.807, 2.05) is 6.07 Å². The second-order valence-corrected chi connectivity index (χ2v) is 3.45. The molecule has 0 atom stereocenters. The number of nitriles is 1. The van der Waals surface area contributed by atoms with Crippen molar-refractivity contribution in [3.8, 4) is 6.07 Å². The van der Waals surface area contributed by atoms with Crippen molar-refractivity contribution in [2.24, 2.45) is 0 Å². The minimum Gasteiger partial charge on any atom is -0.324 e. The second kappa shape index (κ2) is 4.58. The molecule has 1 aromatic heterocycles. The van der Waals surface area contributed by atoms with E-state index >= 15 is 0 Å². The summed E-state index contributed by atoms with van der Waals surface area (Å²) >= 11 is 0. The van der Waals surface area contributed by atoms with Gasteiger partial charge in [0.25, 0.3) is 0 Å². The van der Waals surface area contributed by atoms with Crippen LogP contribution in [0, 0.1) is 17.1 Å². The number of halogens is 1. The Balaban J connectivity index is 2.36. The molecule has 1 aromatic carbocycles. The first-order chi connectivity index (χ1) is 8.24. The molecule has 0 saturated carbocycles. The Morgan fingerprint density at radius 3 is 3.06 bits per heavy atom. The number of hydrogen-bond acceptors (Lipinski definition) is 3. The van der Waals surface area contributed by atoms with Crippen molar-refractivity contribution in [3.63, 3.8) is 0 Å². The zero-order valence-electron chi connectivity index (χ0n) is 8.80. The molecule has 0 fully saturated rings. The quantitative estimate of drug-likeness (QED) is 0.753. The van der Waals surface area contributed by atoms with Crippen LogP contribution >= 0.6 is 0 Å². The van der Waals surface area contributed by atoms with Crippen LogP contribution in [0.15, 0.2) is 30.6 Å². The number of carbonyl (C=O) groups excluding carboxylic acids is 1. The molecule has 5 heteroatoms. The van der Waals surface area contributed by atoms with Crippen LogP contribution in [0.4, 0.5) is 4.39 Å². The first-order valence-electron chi connectivity index (χ1n) is 4.89. The Bertz CT molecular complexity index is 598. The fraction of sp³-hybridized carbons (Fsp3) is 0.0833. The lowest BCUT2D eigenvalue weighted by Gasteiger charge is -2.06. The van der Waals surface area contributed by atoms with Gasteiger partial charge in [-0.2, -0.15) is 5.26 Å². The average Bonchev–Trinajstić information content (AvgIpc) is 2.79. The van der Waals surface area contributed by atoms with Crippen LogP contribution in [0.5, 0.6) is 0 Å². The summed E-state index contributed by atoms with van der Waals surface area (Å²) in [7, 11) is 0. The zero-order chi connectivity index (χ0) is 12.3. The molecule has 2 rings (SSSR count). The van der Waals surface area contributed by atoms with E-state index in [2.05, 4.69) is 4.98 Å². The highest BCUT2D eigenvalue weighted by molar-refractivity contribution is 5.69. The zero-order valence-corrected chi connectivity index (χ0v) is 8.80. The van der Waals surface area contributed by atoms with E-state index in [0.717, 1.165) is 0 Å². The van der Waals surface area contributed by atoms with E-state index in [4.69, 9.17) is 5.26 Å². The van der Waals surface area contributed by atoms with Crippen LogP contribution in [0.1, 0.15) is 21.7 Å². The van der Waals surface area contributed by atoms with Gasteiger partial charge < -0.3 is 4.57 Å². The summed E-state index contributed by atoms with van der Waals surface area (Å²) < 4.78 is 15.0. The highest BCUT2D eigenvalue weighted by Crippen LogP contribution is 2.12. The topological polar surface area (TPSA) is 58.7 Å². The standard InChI is InChI=1S/C12H8FN3O/c13-11-2-1-9(6-14)5-10(11)7-16-4-3-15-12(16)8-17/h1-5,8H,7H2. The number of carbonyl (C=O) groups is 1. The van der Waals surface area contributed by atoms with Crippen LogP contribution in [0.2, 0.25) is 0 Å². The molecule has 0 amide bonds. The molecule has 0 aliphatic carbocycles. The third kappa shape index (κ3) is 2.21. The number of nitrogens with zero attached hydrogens (tertiary/aromatic N) is 3. The Hall–Kier alpha value is -2.48. The lowest BCUT2D eigenvalue weighted by atomic mass is 10.1. The van der Waals surface area contributed by atoms with Crippen LogP contribution in [-0.2, 0) is 6.54 Å². The maximum atomic E-state index is 13.5. The molecule has 0 unspecified atom stereocenters. The predicted octanol–water partition coefficient (Wildman–Crippen LogP) is 1.75. The summed E-state index contributed by atoms with van der Waals surface area (Å²) in [5.41, 5.74) is 0.735. The normalized spacial score (nSPS) is 9.88. The van der Waals surface area contributed by atoms with Crippen LogP contribution in [0.25, 0.3) is 0 Å². The van der Waals surface area contributed by atoms with Gasteiger partial charge in [-0.15, -0.1) is 0 Å². The molecule has 1 heterocycles. The summed E-state index contributed by atoms with van der Waals surface area (Å²) in [5, 5.41) is 8.73. The van der Waals surface area contributed by atoms with Crippen molar-refractivity contribution in [1.29, 1.82) is 5.26 Å². The van der Waals surface area contributed by atoms with Crippen molar-refractivity contribution in [3.05, 3.63) is 53.4 Å². The fourth-order valence-corrected chi connectivity index (χ4v) is 1.52. The summed E-state index contributed by atoms with van der Waals surface area (Å²) in [4.78, 5) is 14.5. The Kier molecular flexibility index (Phi) is 2.97. The van der Waals surface area contributed by atoms with Crippen LogP contribution < -0.4 is 0 Å². The number of imidazole rings is 1. The maximum absolute atomic E-state index is 13.5. The van der Waals surface area contributed by atoms with Gasteiger partial charge in [-0.3, -0.25) is 4.79 Å². The van der Waals surface area contributed by atoms with E-state index in [9.17, 15) is 9.18 Å². The summed E-state index contributed by atoms with van der Waals surface area (Å²) in [6.07, 6.45) is 3.66. The number of aldehydes is 1. The van der Waals surface area contributed by atoms with Gasteiger partial charge in [0, 0.05) is 18.0 Å². The van der Waals surface area contributed by atoms with Crippen molar-refractivity contribution in [2.75, 3.05) is 0 Å². The Morgan fingerprint density at radius 2 is 2.35 bits per heavy atom. The van der Waals surface area contributed by atoms with E-state index < -0.39 is 5.82 Å². The highest BCUT2D eigenvalue weighted by atomic mass is 19.1. The monoisotopic (exact) mass is 229 g/mol. The summed E-state index contributed by atoms with van der Waals surface area (Å²) in [6.45, 7) is 0.176. The van der Waals surface area contributed by atoms with Crippen LogP contribution in [0.3, 0.4) is 0 Å². The van der Waals surface area contributed by atoms with Gasteiger partial charge in [0.2, 0.25) is 0 Å². The first kappa shape index (κ1) is 11.0. The van der Waals surface area contributed by atoms with Crippen molar-refractivity contribution in [2.45, 2.75) is 6.54 Å². The molecule has 2 aromatic rings. The van der Waals surface area contributed by atoms with E-state index in [1.54, 1.807) is 6.20 Å². The van der Waals surface area contributed by atoms with Crippen LogP contribution in [-0.4, -0.2) is 15.8 Å². The smallest absolute Gasteiger partial charge is 0.185 e. The Labute approximate surface area is 96.9 Å². The largest absolute Gasteiger partial charge is 0.324 e. The summed E-state index contributed by atoms with van der Waals surface area (Å²) in [5.74, 6) is -0.179. The molecule has 17 heavy (non-hydrogen) atoms. The third-order valence-electron chi connectivity index (χ3n) is 2.37. The minimum absolute atomic E-state index is 0.176. The van der Waals surface area contributed by atoms with Gasteiger partial charge in [-0.1, -0.05) is 0 Å². The molecule has 0 spiro atoms. The maximum Gasteiger partial charge on any atom is 0.185 e. The molecule has 84 valence electrons. The number of aromatic nitrogens is 2. The number of benzene rings is 1. The van der Waals surface area contributed by atoms with Gasteiger partial charge in [0.15, 0.2) is 12.1 Å². The molecule has 0 radical (unpaired) electrons. The highest BCUT2D eigenvalue weighted by Gasteiger charge is 2.07. The lowest BCUT2D eigenvalue weighted by molar-refractivity contribution is 0.111. The van der Waals surface area contributed by atoms with Gasteiger partial charge in [-0.05, 0) is 18.2 Å². The fourth-order valence-electron chi connectivity index (χ4n) is 1.52.